The fourth-order valence-corrected chi connectivity index (χ4v) is 2.59. The first-order valence-corrected chi connectivity index (χ1v) is 7.45. The maximum absolute atomic E-state index is 12.9. The van der Waals surface area contributed by atoms with Crippen molar-refractivity contribution in [2.45, 2.75) is 12.5 Å². The van der Waals surface area contributed by atoms with Crippen LogP contribution in [0.25, 0.3) is 10.9 Å². The van der Waals surface area contributed by atoms with Crippen molar-refractivity contribution in [3.8, 4) is 0 Å². The number of nitrogens with two attached hydrogens (primary N) is 1. The smallest absolute Gasteiger partial charge is 0.251 e. The van der Waals surface area contributed by atoms with E-state index in [2.05, 4.69) is 10.3 Å². The van der Waals surface area contributed by atoms with Crippen molar-refractivity contribution in [1.29, 1.82) is 0 Å². The van der Waals surface area contributed by atoms with E-state index < -0.39 is 23.7 Å². The van der Waals surface area contributed by atoms with Gasteiger partial charge in [0.25, 0.3) is 5.91 Å². The lowest BCUT2D eigenvalue weighted by Crippen LogP contribution is -2.45. The maximum Gasteiger partial charge on any atom is 0.251 e. The summed E-state index contributed by atoms with van der Waals surface area (Å²) >= 11 is 0. The minimum atomic E-state index is -0.859. The number of fused-ring (bicyclic) bond motifs is 1. The summed E-state index contributed by atoms with van der Waals surface area (Å²) in [5, 5.41) is 3.58. The predicted molar refractivity (Wildman–Crippen MR) is 88.9 cm³/mol. The van der Waals surface area contributed by atoms with Gasteiger partial charge in [-0.2, -0.15) is 0 Å². The zero-order chi connectivity index (χ0) is 17.1. The van der Waals surface area contributed by atoms with Crippen LogP contribution in [-0.4, -0.2) is 22.8 Å². The average molecular weight is 325 g/mol. The highest BCUT2D eigenvalue weighted by Crippen LogP contribution is 2.19. The summed E-state index contributed by atoms with van der Waals surface area (Å²) < 4.78 is 12.9. The molecule has 1 aromatic heterocycles. The topological polar surface area (TPSA) is 88.0 Å². The van der Waals surface area contributed by atoms with Crippen LogP contribution >= 0.6 is 0 Å². The molecule has 1 heterocycles. The van der Waals surface area contributed by atoms with Gasteiger partial charge >= 0.3 is 0 Å². The average Bonchev–Trinajstić information content (AvgIpc) is 2.98. The number of carbonyl (C=O) groups is 2. The molecular weight excluding hydrogens is 309 g/mol. The van der Waals surface area contributed by atoms with Gasteiger partial charge in [-0.15, -0.1) is 0 Å². The Labute approximate surface area is 137 Å². The highest BCUT2D eigenvalue weighted by Gasteiger charge is 2.21. The molecular formula is C18H16FN3O2. The van der Waals surface area contributed by atoms with Crippen molar-refractivity contribution in [2.24, 2.45) is 5.73 Å². The van der Waals surface area contributed by atoms with Crippen LogP contribution in [0.1, 0.15) is 15.9 Å². The van der Waals surface area contributed by atoms with Gasteiger partial charge in [0.15, 0.2) is 0 Å². The number of aromatic nitrogens is 1. The summed E-state index contributed by atoms with van der Waals surface area (Å²) in [5.74, 6) is -1.54. The zero-order valence-corrected chi connectivity index (χ0v) is 12.8. The van der Waals surface area contributed by atoms with Crippen molar-refractivity contribution in [1.82, 2.24) is 10.3 Å². The lowest BCUT2D eigenvalue weighted by Gasteiger charge is -2.15. The normalized spacial score (nSPS) is 12.0. The zero-order valence-electron chi connectivity index (χ0n) is 12.8. The number of nitrogens with one attached hydrogen (secondary N) is 2. The number of carbonyl (C=O) groups excluding carboxylic acids is 2. The number of aromatic amines is 1. The van der Waals surface area contributed by atoms with Gasteiger partial charge in [0.2, 0.25) is 5.91 Å². The largest absolute Gasteiger partial charge is 0.368 e. The molecule has 0 unspecified atom stereocenters. The summed E-state index contributed by atoms with van der Waals surface area (Å²) in [7, 11) is 0. The number of primary amides is 1. The van der Waals surface area contributed by atoms with Crippen LogP contribution in [0, 0.1) is 5.82 Å². The van der Waals surface area contributed by atoms with E-state index in [9.17, 15) is 14.0 Å². The van der Waals surface area contributed by atoms with Crippen LogP contribution in [0.15, 0.2) is 54.7 Å². The fraction of sp³-hybridized carbons (Fsp3) is 0.111. The van der Waals surface area contributed by atoms with E-state index in [1.807, 2.05) is 24.3 Å². The lowest BCUT2D eigenvalue weighted by atomic mass is 10.0. The molecule has 0 bridgehead atoms. The maximum atomic E-state index is 12.9. The second-order valence-electron chi connectivity index (χ2n) is 5.50. The van der Waals surface area contributed by atoms with Gasteiger partial charge in [-0.1, -0.05) is 18.2 Å². The molecule has 4 N–H and O–H groups in total. The standard InChI is InChI=1S/C18H16FN3O2/c19-13-7-5-11(6-8-13)18(24)22-16(17(20)23)9-12-10-21-15-4-2-1-3-14(12)15/h1-8,10,16,21H,9H2,(H2,20,23)(H,22,24)/t16-/m0/s1. The first-order valence-electron chi connectivity index (χ1n) is 7.45. The number of rotatable bonds is 5. The number of hydrogen-bond acceptors (Lipinski definition) is 2. The Morgan fingerprint density at radius 1 is 1.12 bits per heavy atom. The van der Waals surface area contributed by atoms with Crippen molar-refractivity contribution in [3.05, 3.63) is 71.7 Å². The first-order chi connectivity index (χ1) is 11.5. The Kier molecular flexibility index (Phi) is 4.29. The van der Waals surface area contributed by atoms with Crippen LogP contribution in [0.5, 0.6) is 0 Å². The highest BCUT2D eigenvalue weighted by molar-refractivity contribution is 5.97. The molecule has 2 aromatic carbocycles. The first kappa shape index (κ1) is 15.7. The van der Waals surface area contributed by atoms with E-state index in [1.165, 1.54) is 24.3 Å². The summed E-state index contributed by atoms with van der Waals surface area (Å²) in [4.78, 5) is 27.1. The van der Waals surface area contributed by atoms with Gasteiger partial charge in [0.1, 0.15) is 11.9 Å². The minimum absolute atomic E-state index is 0.265. The molecule has 24 heavy (non-hydrogen) atoms. The Bertz CT molecular complexity index is 887. The Balaban J connectivity index is 1.79. The number of amides is 2. The molecule has 2 amide bonds. The van der Waals surface area contributed by atoms with Crippen LogP contribution in [0.2, 0.25) is 0 Å². The lowest BCUT2D eigenvalue weighted by molar-refractivity contribution is -0.119. The molecule has 0 saturated carbocycles. The van der Waals surface area contributed by atoms with E-state index in [0.717, 1.165) is 16.5 Å². The number of benzene rings is 2. The van der Waals surface area contributed by atoms with Gasteiger partial charge in [0.05, 0.1) is 0 Å². The molecule has 0 aliphatic rings. The molecule has 6 heteroatoms. The second kappa shape index (κ2) is 6.54. The van der Waals surface area contributed by atoms with Gasteiger partial charge < -0.3 is 16.0 Å². The molecule has 5 nitrogen and oxygen atoms in total. The molecule has 122 valence electrons. The Morgan fingerprint density at radius 3 is 2.54 bits per heavy atom. The van der Waals surface area contributed by atoms with Crippen molar-refractivity contribution < 1.29 is 14.0 Å². The van der Waals surface area contributed by atoms with E-state index in [4.69, 9.17) is 5.73 Å². The van der Waals surface area contributed by atoms with E-state index in [0.29, 0.717) is 0 Å². The van der Waals surface area contributed by atoms with Crippen LogP contribution in [-0.2, 0) is 11.2 Å². The second-order valence-corrected chi connectivity index (χ2v) is 5.50. The van der Waals surface area contributed by atoms with Gasteiger partial charge in [-0.25, -0.2) is 4.39 Å². The summed E-state index contributed by atoms with van der Waals surface area (Å²) in [6.45, 7) is 0. The molecule has 0 saturated heterocycles. The van der Waals surface area contributed by atoms with E-state index in [1.54, 1.807) is 6.20 Å². The summed E-state index contributed by atoms with van der Waals surface area (Å²) in [6.07, 6.45) is 2.07. The number of para-hydroxylation sites is 1. The third-order valence-corrected chi connectivity index (χ3v) is 3.85. The molecule has 0 radical (unpaired) electrons. The Morgan fingerprint density at radius 2 is 1.83 bits per heavy atom. The van der Waals surface area contributed by atoms with E-state index >= 15 is 0 Å². The van der Waals surface area contributed by atoms with Crippen molar-refractivity contribution >= 4 is 22.7 Å². The van der Waals surface area contributed by atoms with E-state index in [-0.39, 0.29) is 12.0 Å². The van der Waals surface area contributed by atoms with Crippen molar-refractivity contribution in [3.63, 3.8) is 0 Å². The molecule has 3 aromatic rings. The Hall–Kier alpha value is -3.15. The van der Waals surface area contributed by atoms with Crippen LogP contribution in [0.3, 0.4) is 0 Å². The minimum Gasteiger partial charge on any atom is -0.368 e. The SMILES string of the molecule is NC(=O)[C@H](Cc1c[nH]c2ccccc12)NC(=O)c1ccc(F)cc1. The van der Waals surface area contributed by atoms with Crippen LogP contribution < -0.4 is 11.1 Å². The summed E-state index contributed by atoms with van der Waals surface area (Å²) in [5.41, 5.74) is 7.52. The number of H-pyrrole nitrogens is 1. The molecule has 0 aliphatic heterocycles. The molecule has 0 spiro atoms. The molecule has 1 atom stereocenters. The van der Waals surface area contributed by atoms with Gasteiger partial charge in [0, 0.05) is 29.1 Å². The van der Waals surface area contributed by atoms with Gasteiger partial charge in [-0.3, -0.25) is 9.59 Å². The monoisotopic (exact) mass is 325 g/mol. The quantitative estimate of drug-likeness (QED) is 0.671. The third-order valence-electron chi connectivity index (χ3n) is 3.85. The third kappa shape index (κ3) is 3.27. The van der Waals surface area contributed by atoms with Crippen molar-refractivity contribution in [2.75, 3.05) is 0 Å². The van der Waals surface area contributed by atoms with Crippen LogP contribution in [0.4, 0.5) is 4.39 Å². The number of hydrogen-bond donors (Lipinski definition) is 3. The molecule has 0 aliphatic carbocycles. The fourth-order valence-electron chi connectivity index (χ4n) is 2.59. The molecule has 0 fully saturated rings. The number of halogens is 1. The summed E-state index contributed by atoms with van der Waals surface area (Å²) in [6, 6.07) is 11.9. The van der Waals surface area contributed by atoms with Gasteiger partial charge in [-0.05, 0) is 35.9 Å². The highest BCUT2D eigenvalue weighted by atomic mass is 19.1. The molecule has 3 rings (SSSR count). The predicted octanol–water partition coefficient (Wildman–Crippen LogP) is 2.13.